The third-order valence-electron chi connectivity index (χ3n) is 6.84. The first-order valence-corrected chi connectivity index (χ1v) is 10.9. The number of rotatable bonds is 4. The van der Waals surface area contributed by atoms with Crippen LogP contribution in [0.25, 0.3) is 22.2 Å². The maximum atomic E-state index is 13.8. The number of pyridine rings is 1. The molecule has 3 nitrogen and oxygen atoms in total. The molecule has 2 heterocycles. The molecule has 1 N–H and O–H groups in total. The van der Waals surface area contributed by atoms with E-state index in [1.807, 2.05) is 12.4 Å². The Hall–Kier alpha value is -3.08. The average Bonchev–Trinajstić information content (AvgIpc) is 3.29. The lowest BCUT2D eigenvalue weighted by atomic mass is 9.73. The molecule has 1 aliphatic carbocycles. The van der Waals surface area contributed by atoms with E-state index in [-0.39, 0.29) is 11.6 Å². The van der Waals surface area contributed by atoms with Crippen molar-refractivity contribution in [3.63, 3.8) is 0 Å². The molecule has 4 aromatic rings. The van der Waals surface area contributed by atoms with Crippen molar-refractivity contribution < 1.29 is 8.78 Å². The maximum absolute atomic E-state index is 13.8. The monoisotopic (exact) mass is 417 g/mol. The first kappa shape index (κ1) is 19.9. The predicted octanol–water partition coefficient (Wildman–Crippen LogP) is 6.98. The molecular formula is C26H25F2N3. The smallest absolute Gasteiger partial charge is 0.123 e. The number of benzene rings is 2. The van der Waals surface area contributed by atoms with Gasteiger partial charge in [0.1, 0.15) is 17.5 Å². The van der Waals surface area contributed by atoms with E-state index in [0.717, 1.165) is 53.7 Å². The molecular weight excluding hydrogens is 392 g/mol. The van der Waals surface area contributed by atoms with Gasteiger partial charge < -0.3 is 4.98 Å². The van der Waals surface area contributed by atoms with Gasteiger partial charge in [-0.1, -0.05) is 6.92 Å². The highest BCUT2D eigenvalue weighted by Crippen LogP contribution is 2.42. The van der Waals surface area contributed by atoms with Crippen LogP contribution in [0.15, 0.2) is 60.9 Å². The molecule has 0 radical (unpaired) electrons. The second-order valence-corrected chi connectivity index (χ2v) is 8.65. The van der Waals surface area contributed by atoms with E-state index in [0.29, 0.717) is 17.8 Å². The first-order chi connectivity index (χ1) is 15.1. The van der Waals surface area contributed by atoms with Crippen molar-refractivity contribution in [1.82, 2.24) is 15.0 Å². The van der Waals surface area contributed by atoms with Gasteiger partial charge in [-0.15, -0.1) is 0 Å². The Morgan fingerprint density at radius 2 is 1.65 bits per heavy atom. The highest BCUT2D eigenvalue weighted by atomic mass is 19.1. The summed E-state index contributed by atoms with van der Waals surface area (Å²) in [6, 6.07) is 13.4. The molecule has 1 fully saturated rings. The Morgan fingerprint density at radius 3 is 2.42 bits per heavy atom. The van der Waals surface area contributed by atoms with Crippen LogP contribution in [0.4, 0.5) is 8.78 Å². The fourth-order valence-electron chi connectivity index (χ4n) is 4.99. The zero-order chi connectivity index (χ0) is 21.4. The maximum Gasteiger partial charge on any atom is 0.123 e. The van der Waals surface area contributed by atoms with Crippen LogP contribution in [0.5, 0.6) is 0 Å². The summed E-state index contributed by atoms with van der Waals surface area (Å²) in [6.07, 6.45) is 8.05. The molecule has 5 rings (SSSR count). The molecule has 1 aliphatic rings. The summed E-state index contributed by atoms with van der Waals surface area (Å²) in [7, 11) is 0. The van der Waals surface area contributed by atoms with Crippen LogP contribution in [0.3, 0.4) is 0 Å². The van der Waals surface area contributed by atoms with Crippen LogP contribution < -0.4 is 0 Å². The van der Waals surface area contributed by atoms with Crippen molar-refractivity contribution >= 4 is 10.9 Å². The predicted molar refractivity (Wildman–Crippen MR) is 119 cm³/mol. The Bertz CT molecular complexity index is 1190. The number of H-pyrrole nitrogens is 1. The van der Waals surface area contributed by atoms with Crippen molar-refractivity contribution in [2.24, 2.45) is 5.92 Å². The van der Waals surface area contributed by atoms with E-state index in [4.69, 9.17) is 0 Å². The summed E-state index contributed by atoms with van der Waals surface area (Å²) in [6.45, 7) is 2.23. The zero-order valence-electron chi connectivity index (χ0n) is 17.5. The number of aromatic amines is 1. The molecule has 1 atom stereocenters. The summed E-state index contributed by atoms with van der Waals surface area (Å²) in [5.41, 5.74) is 3.93. The number of fused-ring (bicyclic) bond motifs is 1. The van der Waals surface area contributed by atoms with E-state index in [9.17, 15) is 8.78 Å². The molecule has 1 saturated carbocycles. The van der Waals surface area contributed by atoms with Gasteiger partial charge in [-0.25, -0.2) is 13.8 Å². The quantitative estimate of drug-likeness (QED) is 0.389. The number of nitrogens with zero attached hydrogens (tertiary/aromatic N) is 2. The Labute approximate surface area is 180 Å². The molecule has 0 bridgehead atoms. The second kappa shape index (κ2) is 8.22. The van der Waals surface area contributed by atoms with Crippen molar-refractivity contribution in [3.05, 3.63) is 83.9 Å². The Morgan fingerprint density at radius 1 is 0.903 bits per heavy atom. The summed E-state index contributed by atoms with van der Waals surface area (Å²) >= 11 is 0. The van der Waals surface area contributed by atoms with E-state index in [1.54, 1.807) is 24.3 Å². The highest BCUT2D eigenvalue weighted by molar-refractivity contribution is 5.82. The van der Waals surface area contributed by atoms with Crippen molar-refractivity contribution in [3.8, 4) is 11.3 Å². The molecule has 5 heteroatoms. The minimum atomic E-state index is -0.238. The topological polar surface area (TPSA) is 41.6 Å². The summed E-state index contributed by atoms with van der Waals surface area (Å²) in [5, 5.41) is 0.939. The fraction of sp³-hybridized carbons (Fsp3) is 0.308. The summed E-state index contributed by atoms with van der Waals surface area (Å²) in [5.74, 6) is 1.84. The van der Waals surface area contributed by atoms with Gasteiger partial charge in [0.2, 0.25) is 0 Å². The lowest BCUT2D eigenvalue weighted by molar-refractivity contribution is 0.286. The van der Waals surface area contributed by atoms with Gasteiger partial charge in [0, 0.05) is 17.5 Å². The highest BCUT2D eigenvalue weighted by Gasteiger charge is 2.29. The van der Waals surface area contributed by atoms with Crippen LogP contribution in [-0.2, 0) is 0 Å². The van der Waals surface area contributed by atoms with Gasteiger partial charge in [0.05, 0.1) is 17.4 Å². The van der Waals surface area contributed by atoms with Gasteiger partial charge in [0.15, 0.2) is 0 Å². The minimum absolute atomic E-state index is 0.209. The molecule has 2 aromatic heterocycles. The van der Waals surface area contributed by atoms with Gasteiger partial charge >= 0.3 is 0 Å². The van der Waals surface area contributed by atoms with E-state index < -0.39 is 0 Å². The van der Waals surface area contributed by atoms with Gasteiger partial charge in [-0.05, 0) is 97.2 Å². The molecule has 2 aromatic carbocycles. The van der Waals surface area contributed by atoms with Gasteiger partial charge in [0.25, 0.3) is 0 Å². The first-order valence-electron chi connectivity index (χ1n) is 10.9. The molecule has 0 saturated heterocycles. The minimum Gasteiger partial charge on any atom is -0.342 e. The van der Waals surface area contributed by atoms with Gasteiger partial charge in [-0.2, -0.15) is 0 Å². The number of hydrogen-bond donors (Lipinski definition) is 1. The normalized spacial score (nSPS) is 20.1. The standard InChI is InChI=1S/C26H25F2N3/c1-16(26-30-15-25(31-26)19-6-8-20(27)9-7-19)17-2-4-18(5-3-17)22-12-13-29-24-11-10-21(28)14-23(22)24/h6-18H,2-5H2,1H3,(H,30,31)/t16-,17-,18+/m1/s1. The summed E-state index contributed by atoms with van der Waals surface area (Å²) in [4.78, 5) is 12.4. The van der Waals surface area contributed by atoms with Crippen LogP contribution >= 0.6 is 0 Å². The van der Waals surface area contributed by atoms with Crippen molar-refractivity contribution in [1.29, 1.82) is 0 Å². The van der Waals surface area contributed by atoms with Gasteiger partial charge in [-0.3, -0.25) is 4.98 Å². The fourth-order valence-corrected chi connectivity index (χ4v) is 4.99. The third-order valence-corrected chi connectivity index (χ3v) is 6.84. The number of hydrogen-bond acceptors (Lipinski definition) is 2. The van der Waals surface area contributed by atoms with Crippen LogP contribution in [0, 0.1) is 17.6 Å². The van der Waals surface area contributed by atoms with Crippen LogP contribution in [0.1, 0.15) is 55.8 Å². The summed E-state index contributed by atoms with van der Waals surface area (Å²) < 4.78 is 27.0. The third kappa shape index (κ3) is 3.97. The average molecular weight is 418 g/mol. The van der Waals surface area contributed by atoms with Crippen molar-refractivity contribution in [2.45, 2.75) is 44.4 Å². The number of imidazole rings is 1. The number of halogens is 2. The van der Waals surface area contributed by atoms with E-state index in [2.05, 4.69) is 27.9 Å². The Kier molecular flexibility index (Phi) is 5.26. The second-order valence-electron chi connectivity index (χ2n) is 8.65. The lowest BCUT2D eigenvalue weighted by Gasteiger charge is -2.32. The molecule has 0 aliphatic heterocycles. The number of aromatic nitrogens is 3. The van der Waals surface area contributed by atoms with E-state index in [1.165, 1.54) is 23.8 Å². The molecule has 158 valence electrons. The van der Waals surface area contributed by atoms with Crippen molar-refractivity contribution in [2.75, 3.05) is 0 Å². The molecule has 0 spiro atoms. The molecule has 0 amide bonds. The Balaban J connectivity index is 1.29. The largest absolute Gasteiger partial charge is 0.342 e. The lowest BCUT2D eigenvalue weighted by Crippen LogP contribution is -2.19. The number of nitrogens with one attached hydrogen (secondary N) is 1. The van der Waals surface area contributed by atoms with Crippen LogP contribution in [0.2, 0.25) is 0 Å². The SMILES string of the molecule is C[C@@H](c1ncc(-c2ccc(F)cc2)[nH]1)[C@H]1CC[C@@H](c2ccnc3ccc(F)cc32)CC1. The molecule has 31 heavy (non-hydrogen) atoms. The molecule has 0 unspecified atom stereocenters. The van der Waals surface area contributed by atoms with Crippen LogP contribution in [-0.4, -0.2) is 15.0 Å². The van der Waals surface area contributed by atoms with E-state index >= 15 is 0 Å². The zero-order valence-corrected chi connectivity index (χ0v) is 17.5.